The first-order chi connectivity index (χ1) is 12.5. The Labute approximate surface area is 156 Å². The van der Waals surface area contributed by atoms with Gasteiger partial charge < -0.3 is 4.74 Å². The van der Waals surface area contributed by atoms with Crippen LogP contribution in [0.3, 0.4) is 0 Å². The van der Waals surface area contributed by atoms with Crippen LogP contribution in [0, 0.1) is 0 Å². The zero-order chi connectivity index (χ0) is 18.6. The molecule has 0 amide bonds. The largest absolute Gasteiger partial charge is 0.496 e. The predicted molar refractivity (Wildman–Crippen MR) is 103 cm³/mol. The summed E-state index contributed by atoms with van der Waals surface area (Å²) in [4.78, 5) is 2.65. The molecule has 0 bridgehead atoms. The smallest absolute Gasteiger partial charge is 0.243 e. The molecular formula is C20H26N2O3S. The summed E-state index contributed by atoms with van der Waals surface area (Å²) in [6, 6.07) is 15.2. The van der Waals surface area contributed by atoms with Gasteiger partial charge >= 0.3 is 0 Å². The van der Waals surface area contributed by atoms with Crippen molar-refractivity contribution in [2.75, 3.05) is 33.3 Å². The molecule has 5 nitrogen and oxygen atoms in total. The van der Waals surface area contributed by atoms with E-state index in [1.165, 1.54) is 0 Å². The maximum atomic E-state index is 12.8. The van der Waals surface area contributed by atoms with Crippen molar-refractivity contribution in [3.05, 3.63) is 59.7 Å². The molecule has 140 valence electrons. The molecule has 1 saturated heterocycles. The van der Waals surface area contributed by atoms with Crippen molar-refractivity contribution in [3.63, 3.8) is 0 Å². The van der Waals surface area contributed by atoms with E-state index >= 15 is 0 Å². The number of rotatable bonds is 6. The van der Waals surface area contributed by atoms with Crippen LogP contribution in [0.15, 0.2) is 53.4 Å². The highest BCUT2D eigenvalue weighted by molar-refractivity contribution is 7.89. The lowest BCUT2D eigenvalue weighted by atomic mass is 10.2. The van der Waals surface area contributed by atoms with Crippen LogP contribution in [-0.2, 0) is 23.0 Å². The van der Waals surface area contributed by atoms with E-state index in [-0.39, 0.29) is 0 Å². The quantitative estimate of drug-likeness (QED) is 0.780. The first kappa shape index (κ1) is 18.9. The zero-order valence-corrected chi connectivity index (χ0v) is 16.2. The van der Waals surface area contributed by atoms with Gasteiger partial charge in [-0.25, -0.2) is 8.42 Å². The summed E-state index contributed by atoms with van der Waals surface area (Å²) in [7, 11) is -1.74. The van der Waals surface area contributed by atoms with E-state index in [2.05, 4.69) is 17.9 Å². The second-order valence-corrected chi connectivity index (χ2v) is 8.43. The van der Waals surface area contributed by atoms with Crippen molar-refractivity contribution in [1.82, 2.24) is 9.21 Å². The molecule has 0 aromatic heterocycles. The molecule has 2 aromatic carbocycles. The molecule has 1 aliphatic rings. The van der Waals surface area contributed by atoms with Crippen LogP contribution in [0.4, 0.5) is 0 Å². The molecule has 0 atom stereocenters. The third kappa shape index (κ3) is 4.09. The normalized spacial score (nSPS) is 16.5. The average Bonchev–Trinajstić information content (AvgIpc) is 2.69. The maximum Gasteiger partial charge on any atom is 0.243 e. The van der Waals surface area contributed by atoms with E-state index < -0.39 is 10.0 Å². The Morgan fingerprint density at radius 1 is 0.962 bits per heavy atom. The molecule has 0 spiro atoms. The summed E-state index contributed by atoms with van der Waals surface area (Å²) in [6.07, 6.45) is 0.905. The Morgan fingerprint density at radius 2 is 1.62 bits per heavy atom. The Bertz CT molecular complexity index is 826. The van der Waals surface area contributed by atoms with Crippen molar-refractivity contribution >= 4 is 10.0 Å². The number of aryl methyl sites for hydroxylation is 1. The van der Waals surface area contributed by atoms with Crippen LogP contribution in [0.25, 0.3) is 0 Å². The number of piperazine rings is 1. The van der Waals surface area contributed by atoms with E-state index in [0.29, 0.717) is 31.1 Å². The number of para-hydroxylation sites is 1. The number of methoxy groups -OCH3 is 1. The molecule has 0 saturated carbocycles. The molecule has 0 N–H and O–H groups in total. The highest BCUT2D eigenvalue weighted by Gasteiger charge is 2.28. The number of hydrogen-bond donors (Lipinski definition) is 0. The van der Waals surface area contributed by atoms with Gasteiger partial charge in [-0.1, -0.05) is 37.3 Å². The molecule has 26 heavy (non-hydrogen) atoms. The third-order valence-electron chi connectivity index (χ3n) is 4.89. The molecule has 0 unspecified atom stereocenters. The SMILES string of the molecule is CCc1ccc(S(=O)(=O)N2CCN(Cc3ccccc3OC)CC2)cc1. The molecule has 3 rings (SSSR count). The number of hydrogen-bond acceptors (Lipinski definition) is 4. The fourth-order valence-electron chi connectivity index (χ4n) is 3.25. The van der Waals surface area contributed by atoms with Gasteiger partial charge in [0.05, 0.1) is 12.0 Å². The lowest BCUT2D eigenvalue weighted by molar-refractivity contribution is 0.180. The summed E-state index contributed by atoms with van der Waals surface area (Å²) < 4.78 is 32.7. The number of ether oxygens (including phenoxy) is 1. The fourth-order valence-corrected chi connectivity index (χ4v) is 4.67. The van der Waals surface area contributed by atoms with Gasteiger partial charge in [0, 0.05) is 38.3 Å². The van der Waals surface area contributed by atoms with Crippen molar-refractivity contribution < 1.29 is 13.2 Å². The van der Waals surface area contributed by atoms with E-state index in [1.807, 2.05) is 30.3 Å². The lowest BCUT2D eigenvalue weighted by Gasteiger charge is -2.34. The molecule has 1 aliphatic heterocycles. The van der Waals surface area contributed by atoms with Crippen molar-refractivity contribution in [2.45, 2.75) is 24.8 Å². The van der Waals surface area contributed by atoms with Crippen LogP contribution < -0.4 is 4.74 Å². The summed E-state index contributed by atoms with van der Waals surface area (Å²) >= 11 is 0. The standard InChI is InChI=1S/C20H26N2O3S/c1-3-17-8-10-19(11-9-17)26(23,24)22-14-12-21(13-15-22)16-18-6-4-5-7-20(18)25-2/h4-11H,3,12-16H2,1-2H3. The van der Waals surface area contributed by atoms with Gasteiger partial charge in [-0.15, -0.1) is 0 Å². The van der Waals surface area contributed by atoms with Gasteiger partial charge in [0.25, 0.3) is 0 Å². The van der Waals surface area contributed by atoms with Crippen LogP contribution >= 0.6 is 0 Å². The first-order valence-electron chi connectivity index (χ1n) is 8.98. The monoisotopic (exact) mass is 374 g/mol. The van der Waals surface area contributed by atoms with Crippen LogP contribution in [-0.4, -0.2) is 50.9 Å². The van der Waals surface area contributed by atoms with Crippen molar-refractivity contribution in [2.24, 2.45) is 0 Å². The molecule has 1 heterocycles. The number of sulfonamides is 1. The molecule has 2 aromatic rings. The highest BCUT2D eigenvalue weighted by Crippen LogP contribution is 2.22. The minimum Gasteiger partial charge on any atom is -0.496 e. The van der Waals surface area contributed by atoms with E-state index in [0.717, 1.165) is 29.8 Å². The Kier molecular flexibility index (Phi) is 5.96. The number of nitrogens with zero attached hydrogens (tertiary/aromatic N) is 2. The fraction of sp³-hybridized carbons (Fsp3) is 0.400. The minimum absolute atomic E-state index is 0.382. The van der Waals surface area contributed by atoms with Crippen LogP contribution in [0.2, 0.25) is 0 Å². The molecular weight excluding hydrogens is 348 g/mol. The maximum absolute atomic E-state index is 12.8. The summed E-state index contributed by atoms with van der Waals surface area (Å²) in [5.41, 5.74) is 2.27. The van der Waals surface area contributed by atoms with E-state index in [4.69, 9.17) is 4.74 Å². The highest BCUT2D eigenvalue weighted by atomic mass is 32.2. The van der Waals surface area contributed by atoms with Gasteiger partial charge in [0.15, 0.2) is 0 Å². The Morgan fingerprint density at radius 3 is 2.23 bits per heavy atom. The van der Waals surface area contributed by atoms with Gasteiger partial charge in [-0.3, -0.25) is 4.90 Å². The van der Waals surface area contributed by atoms with Crippen molar-refractivity contribution in [1.29, 1.82) is 0 Å². The summed E-state index contributed by atoms with van der Waals surface area (Å²) in [6.45, 7) is 5.27. The Hall–Kier alpha value is -1.89. The molecule has 1 fully saturated rings. The minimum atomic E-state index is -3.41. The predicted octanol–water partition coefficient (Wildman–Crippen LogP) is 2.76. The number of benzene rings is 2. The summed E-state index contributed by atoms with van der Waals surface area (Å²) in [5, 5.41) is 0. The van der Waals surface area contributed by atoms with Gasteiger partial charge in [0.2, 0.25) is 10.0 Å². The molecule has 0 radical (unpaired) electrons. The van der Waals surface area contributed by atoms with Gasteiger partial charge in [-0.2, -0.15) is 4.31 Å². The first-order valence-corrected chi connectivity index (χ1v) is 10.4. The van der Waals surface area contributed by atoms with Gasteiger partial charge in [0.1, 0.15) is 5.75 Å². The Balaban J connectivity index is 1.64. The molecule has 0 aliphatic carbocycles. The van der Waals surface area contributed by atoms with Crippen LogP contribution in [0.5, 0.6) is 5.75 Å². The second kappa shape index (κ2) is 8.20. The molecule has 6 heteroatoms. The van der Waals surface area contributed by atoms with Gasteiger partial charge in [-0.05, 0) is 30.2 Å². The lowest BCUT2D eigenvalue weighted by Crippen LogP contribution is -2.48. The second-order valence-electron chi connectivity index (χ2n) is 6.49. The van der Waals surface area contributed by atoms with E-state index in [1.54, 1.807) is 23.5 Å². The van der Waals surface area contributed by atoms with Crippen molar-refractivity contribution in [3.8, 4) is 5.75 Å². The topological polar surface area (TPSA) is 49.9 Å². The third-order valence-corrected chi connectivity index (χ3v) is 6.80. The van der Waals surface area contributed by atoms with E-state index in [9.17, 15) is 8.42 Å². The zero-order valence-electron chi connectivity index (χ0n) is 15.4. The summed E-state index contributed by atoms with van der Waals surface area (Å²) in [5.74, 6) is 0.874. The van der Waals surface area contributed by atoms with Crippen LogP contribution in [0.1, 0.15) is 18.1 Å². The average molecular weight is 375 g/mol.